The van der Waals surface area contributed by atoms with Crippen molar-refractivity contribution in [3.63, 3.8) is 0 Å². The van der Waals surface area contributed by atoms with Gasteiger partial charge in [-0.1, -0.05) is 13.8 Å². The van der Waals surface area contributed by atoms with Crippen LogP contribution in [-0.2, 0) is 4.79 Å². The maximum absolute atomic E-state index is 11.1. The highest BCUT2D eigenvalue weighted by Crippen LogP contribution is 2.33. The summed E-state index contributed by atoms with van der Waals surface area (Å²) in [6, 6.07) is 0. The van der Waals surface area contributed by atoms with Crippen molar-refractivity contribution in [1.29, 1.82) is 0 Å². The number of hydrogen-bond donors (Lipinski definition) is 2. The van der Waals surface area contributed by atoms with Gasteiger partial charge in [0.25, 0.3) is 0 Å². The van der Waals surface area contributed by atoms with Crippen molar-refractivity contribution in [2.24, 2.45) is 17.1 Å². The lowest BCUT2D eigenvalue weighted by Gasteiger charge is -2.28. The summed E-state index contributed by atoms with van der Waals surface area (Å²) in [6.07, 6.45) is 0.889. The van der Waals surface area contributed by atoms with E-state index in [0.717, 1.165) is 19.5 Å². The molecule has 1 heterocycles. The molecule has 1 amide bonds. The maximum Gasteiger partial charge on any atom is 0.225 e. The van der Waals surface area contributed by atoms with Crippen molar-refractivity contribution in [3.8, 4) is 0 Å². The van der Waals surface area contributed by atoms with Crippen LogP contribution in [0.3, 0.4) is 0 Å². The van der Waals surface area contributed by atoms with Crippen LogP contribution in [0, 0.1) is 11.3 Å². The van der Waals surface area contributed by atoms with E-state index in [-0.39, 0.29) is 11.3 Å². The van der Waals surface area contributed by atoms with Gasteiger partial charge in [-0.2, -0.15) is 0 Å². The van der Waals surface area contributed by atoms with Gasteiger partial charge >= 0.3 is 0 Å². The molecule has 1 atom stereocenters. The van der Waals surface area contributed by atoms with Crippen LogP contribution >= 0.6 is 0 Å². The van der Waals surface area contributed by atoms with Crippen molar-refractivity contribution < 1.29 is 4.79 Å². The Labute approximate surface area is 67.3 Å². The summed E-state index contributed by atoms with van der Waals surface area (Å²) in [5, 5.41) is 3.18. The van der Waals surface area contributed by atoms with E-state index in [0.29, 0.717) is 5.92 Å². The third-order valence-electron chi connectivity index (χ3n) is 2.78. The molecule has 0 aromatic carbocycles. The maximum atomic E-state index is 11.1. The van der Waals surface area contributed by atoms with Gasteiger partial charge in [0.05, 0.1) is 5.41 Å². The second-order valence-electron chi connectivity index (χ2n) is 3.60. The van der Waals surface area contributed by atoms with Gasteiger partial charge in [-0.05, 0) is 18.9 Å². The molecule has 11 heavy (non-hydrogen) atoms. The number of primary amides is 1. The van der Waals surface area contributed by atoms with E-state index in [1.165, 1.54) is 0 Å². The Kier molecular flexibility index (Phi) is 2.18. The van der Waals surface area contributed by atoms with Crippen molar-refractivity contribution in [3.05, 3.63) is 0 Å². The summed E-state index contributed by atoms with van der Waals surface area (Å²) in [5.41, 5.74) is 5.08. The summed E-state index contributed by atoms with van der Waals surface area (Å²) < 4.78 is 0. The largest absolute Gasteiger partial charge is 0.369 e. The molecule has 1 saturated heterocycles. The summed E-state index contributed by atoms with van der Waals surface area (Å²) in [5.74, 6) is 0.188. The van der Waals surface area contributed by atoms with E-state index in [9.17, 15) is 4.79 Å². The second kappa shape index (κ2) is 2.81. The smallest absolute Gasteiger partial charge is 0.225 e. The molecule has 1 aliphatic rings. The third kappa shape index (κ3) is 1.25. The van der Waals surface area contributed by atoms with Crippen molar-refractivity contribution in [1.82, 2.24) is 5.32 Å². The molecule has 0 bridgehead atoms. The van der Waals surface area contributed by atoms with Gasteiger partial charge in [0.15, 0.2) is 0 Å². The topological polar surface area (TPSA) is 55.1 Å². The van der Waals surface area contributed by atoms with Gasteiger partial charge in [-0.3, -0.25) is 4.79 Å². The molecule has 0 saturated carbocycles. The number of nitrogens with one attached hydrogen (secondary N) is 1. The fraction of sp³-hybridized carbons (Fsp3) is 0.875. The van der Waals surface area contributed by atoms with Gasteiger partial charge in [0, 0.05) is 6.54 Å². The first-order valence-corrected chi connectivity index (χ1v) is 4.10. The highest BCUT2D eigenvalue weighted by atomic mass is 16.1. The van der Waals surface area contributed by atoms with E-state index in [4.69, 9.17) is 5.73 Å². The minimum atomic E-state index is -0.278. The normalized spacial score (nSPS) is 31.2. The van der Waals surface area contributed by atoms with Gasteiger partial charge in [0.1, 0.15) is 0 Å². The standard InChI is InChI=1S/C8H16N2O/c1-6(2)8(7(9)11)3-4-10-5-8/h6,10H,3-5H2,1-2H3,(H2,9,11). The molecular formula is C8H16N2O. The molecular weight excluding hydrogens is 140 g/mol. The summed E-state index contributed by atoms with van der Waals surface area (Å²) in [4.78, 5) is 11.1. The molecule has 1 aliphatic heterocycles. The molecule has 0 spiro atoms. The van der Waals surface area contributed by atoms with Crippen LogP contribution in [0.25, 0.3) is 0 Å². The predicted molar refractivity (Wildman–Crippen MR) is 44.0 cm³/mol. The molecule has 1 unspecified atom stereocenters. The fourth-order valence-electron chi connectivity index (χ4n) is 1.70. The minimum Gasteiger partial charge on any atom is -0.369 e. The third-order valence-corrected chi connectivity index (χ3v) is 2.78. The van der Waals surface area contributed by atoms with Gasteiger partial charge < -0.3 is 11.1 Å². The number of carbonyl (C=O) groups is 1. The van der Waals surface area contributed by atoms with E-state index < -0.39 is 0 Å². The van der Waals surface area contributed by atoms with E-state index in [1.54, 1.807) is 0 Å². The number of amides is 1. The Morgan fingerprint density at radius 2 is 2.27 bits per heavy atom. The van der Waals surface area contributed by atoms with Crippen LogP contribution in [0.4, 0.5) is 0 Å². The van der Waals surface area contributed by atoms with Crippen molar-refractivity contribution in [2.45, 2.75) is 20.3 Å². The van der Waals surface area contributed by atoms with Crippen LogP contribution in [0.15, 0.2) is 0 Å². The van der Waals surface area contributed by atoms with Gasteiger partial charge in [-0.15, -0.1) is 0 Å². The SMILES string of the molecule is CC(C)C1(C(N)=O)CCNC1. The molecule has 1 rings (SSSR count). The molecule has 0 radical (unpaired) electrons. The fourth-order valence-corrected chi connectivity index (χ4v) is 1.70. The Hall–Kier alpha value is -0.570. The minimum absolute atomic E-state index is 0.155. The molecule has 0 aromatic rings. The molecule has 3 heteroatoms. The number of carbonyl (C=O) groups excluding carboxylic acids is 1. The van der Waals surface area contributed by atoms with Crippen LogP contribution in [0.1, 0.15) is 20.3 Å². The van der Waals surface area contributed by atoms with Crippen molar-refractivity contribution >= 4 is 5.91 Å². The monoisotopic (exact) mass is 156 g/mol. The Bertz CT molecular complexity index is 159. The molecule has 1 fully saturated rings. The summed E-state index contributed by atoms with van der Waals surface area (Å²) in [7, 11) is 0. The Balaban J connectivity index is 2.79. The molecule has 3 N–H and O–H groups in total. The predicted octanol–water partition coefficient (Wildman–Crippen LogP) is 0.107. The van der Waals surface area contributed by atoms with Crippen molar-refractivity contribution in [2.75, 3.05) is 13.1 Å². The lowest BCUT2D eigenvalue weighted by molar-refractivity contribution is -0.128. The molecule has 0 aliphatic carbocycles. The van der Waals surface area contributed by atoms with Gasteiger partial charge in [0.2, 0.25) is 5.91 Å². The van der Waals surface area contributed by atoms with Crippen LogP contribution in [0.5, 0.6) is 0 Å². The number of nitrogens with two attached hydrogens (primary N) is 1. The number of hydrogen-bond acceptors (Lipinski definition) is 2. The quantitative estimate of drug-likeness (QED) is 0.596. The Morgan fingerprint density at radius 1 is 1.64 bits per heavy atom. The first kappa shape index (κ1) is 8.53. The zero-order valence-corrected chi connectivity index (χ0v) is 7.18. The highest BCUT2D eigenvalue weighted by Gasteiger charge is 2.42. The lowest BCUT2D eigenvalue weighted by Crippen LogP contribution is -2.43. The van der Waals surface area contributed by atoms with Gasteiger partial charge in [-0.25, -0.2) is 0 Å². The summed E-state index contributed by atoms with van der Waals surface area (Å²) >= 11 is 0. The summed E-state index contributed by atoms with van der Waals surface area (Å²) in [6.45, 7) is 5.77. The number of rotatable bonds is 2. The molecule has 3 nitrogen and oxygen atoms in total. The first-order valence-electron chi connectivity index (χ1n) is 4.10. The van der Waals surface area contributed by atoms with Crippen LogP contribution in [0.2, 0.25) is 0 Å². The average Bonchev–Trinajstić information content (AvgIpc) is 2.34. The van der Waals surface area contributed by atoms with Crippen LogP contribution < -0.4 is 11.1 Å². The average molecular weight is 156 g/mol. The lowest BCUT2D eigenvalue weighted by atomic mass is 9.76. The van der Waals surface area contributed by atoms with E-state index in [2.05, 4.69) is 19.2 Å². The zero-order valence-electron chi connectivity index (χ0n) is 7.18. The first-order chi connectivity index (χ1) is 5.09. The van der Waals surface area contributed by atoms with E-state index in [1.807, 2.05) is 0 Å². The van der Waals surface area contributed by atoms with Crippen LogP contribution in [-0.4, -0.2) is 19.0 Å². The Morgan fingerprint density at radius 3 is 2.45 bits per heavy atom. The zero-order chi connectivity index (χ0) is 8.48. The molecule has 64 valence electrons. The van der Waals surface area contributed by atoms with E-state index >= 15 is 0 Å². The second-order valence-corrected chi connectivity index (χ2v) is 3.60. The molecule has 0 aromatic heterocycles. The highest BCUT2D eigenvalue weighted by molar-refractivity contribution is 5.81.